The molecule has 4 rings (SSSR count). The van der Waals surface area contributed by atoms with Crippen molar-refractivity contribution in [1.82, 2.24) is 24.4 Å². The third kappa shape index (κ3) is 5.26. The standard InChI is InChI=1S/C23H26F3N5O3S/c1-22(2,3)34-21(33)30-10-7-14(23(24,25)26)11-16(30)17-13(5-4-8-27-17)12-31-15-6-9-28-18(15)19(32)29-20(31)35/h4-6,8-9,14,16,28H,7,10-12H2,1-3H3,(H,29,32,35)/t14-,16-/m1/s1. The third-order valence-corrected chi connectivity index (χ3v) is 6.29. The zero-order valence-corrected chi connectivity index (χ0v) is 20.3. The van der Waals surface area contributed by atoms with E-state index in [4.69, 9.17) is 17.0 Å². The Kier molecular flexibility index (Phi) is 6.52. The number of aromatic amines is 2. The molecule has 35 heavy (non-hydrogen) atoms. The molecule has 2 N–H and O–H groups in total. The van der Waals surface area contributed by atoms with Crippen LogP contribution < -0.4 is 5.56 Å². The van der Waals surface area contributed by atoms with Gasteiger partial charge in [-0.2, -0.15) is 13.2 Å². The first-order valence-corrected chi connectivity index (χ1v) is 11.6. The minimum Gasteiger partial charge on any atom is -0.444 e. The lowest BCUT2D eigenvalue weighted by atomic mass is 9.87. The summed E-state index contributed by atoms with van der Waals surface area (Å²) in [5.74, 6) is -1.58. The number of carbonyl (C=O) groups is 1. The van der Waals surface area contributed by atoms with Crippen LogP contribution in [0, 0.1) is 10.7 Å². The molecule has 4 heterocycles. The van der Waals surface area contributed by atoms with Crippen molar-refractivity contribution in [3.63, 3.8) is 0 Å². The van der Waals surface area contributed by atoms with E-state index >= 15 is 0 Å². The number of rotatable bonds is 3. The summed E-state index contributed by atoms with van der Waals surface area (Å²) in [5, 5.41) is 0. The van der Waals surface area contributed by atoms with E-state index < -0.39 is 29.8 Å². The highest BCUT2D eigenvalue weighted by Gasteiger charge is 2.47. The predicted octanol–water partition coefficient (Wildman–Crippen LogP) is 5.08. The van der Waals surface area contributed by atoms with Gasteiger partial charge in [-0.15, -0.1) is 0 Å². The van der Waals surface area contributed by atoms with Gasteiger partial charge in [0, 0.05) is 18.9 Å². The van der Waals surface area contributed by atoms with Crippen LogP contribution in [0.2, 0.25) is 0 Å². The molecule has 3 aromatic heterocycles. The van der Waals surface area contributed by atoms with E-state index in [1.807, 2.05) is 0 Å². The fraction of sp³-hybridized carbons (Fsp3) is 0.478. The van der Waals surface area contributed by atoms with Crippen molar-refractivity contribution in [1.29, 1.82) is 0 Å². The Balaban J connectivity index is 1.77. The van der Waals surface area contributed by atoms with Gasteiger partial charge in [-0.1, -0.05) is 6.07 Å². The van der Waals surface area contributed by atoms with Crippen LogP contribution in [-0.4, -0.2) is 48.8 Å². The Morgan fingerprint density at radius 2 is 2.03 bits per heavy atom. The minimum atomic E-state index is -4.40. The molecule has 0 unspecified atom stereocenters. The molecule has 1 amide bonds. The highest BCUT2D eigenvalue weighted by atomic mass is 32.1. The Labute approximate surface area is 204 Å². The number of halogens is 3. The molecule has 0 spiro atoms. The first-order valence-electron chi connectivity index (χ1n) is 11.2. The maximum absolute atomic E-state index is 13.7. The number of likely N-dealkylation sites (tertiary alicyclic amines) is 1. The Morgan fingerprint density at radius 3 is 2.71 bits per heavy atom. The number of amides is 1. The van der Waals surface area contributed by atoms with Crippen LogP contribution in [0.5, 0.6) is 0 Å². The number of alkyl halides is 3. The van der Waals surface area contributed by atoms with Gasteiger partial charge in [0.05, 0.1) is 29.7 Å². The summed E-state index contributed by atoms with van der Waals surface area (Å²) in [5.41, 5.74) is 0.625. The van der Waals surface area contributed by atoms with Gasteiger partial charge >= 0.3 is 12.3 Å². The zero-order chi connectivity index (χ0) is 25.5. The summed E-state index contributed by atoms with van der Waals surface area (Å²) in [6.45, 7) is 5.14. The SMILES string of the molecule is CC(C)(C)OC(=O)N1CC[C@@H](C(F)(F)F)C[C@@H]1c1ncccc1Cn1c(=S)[nH]c(=O)c2[nH]ccc21. The molecule has 3 aromatic rings. The zero-order valence-electron chi connectivity index (χ0n) is 19.5. The van der Waals surface area contributed by atoms with Crippen LogP contribution in [0.3, 0.4) is 0 Å². The van der Waals surface area contributed by atoms with Crippen molar-refractivity contribution in [2.24, 2.45) is 5.92 Å². The number of aromatic nitrogens is 4. The van der Waals surface area contributed by atoms with E-state index in [2.05, 4.69) is 15.0 Å². The van der Waals surface area contributed by atoms with Crippen LogP contribution >= 0.6 is 12.2 Å². The first-order chi connectivity index (χ1) is 16.3. The summed E-state index contributed by atoms with van der Waals surface area (Å²) in [4.78, 5) is 36.4. The molecule has 1 saturated heterocycles. The van der Waals surface area contributed by atoms with E-state index in [1.165, 1.54) is 11.1 Å². The average molecular weight is 510 g/mol. The van der Waals surface area contributed by atoms with Crippen molar-refractivity contribution in [2.45, 2.75) is 58.0 Å². The van der Waals surface area contributed by atoms with Crippen LogP contribution in [0.15, 0.2) is 35.4 Å². The van der Waals surface area contributed by atoms with Crippen LogP contribution in [0.1, 0.15) is 50.9 Å². The highest BCUT2D eigenvalue weighted by Crippen LogP contribution is 2.43. The number of nitrogens with zero attached hydrogens (tertiary/aromatic N) is 3. The van der Waals surface area contributed by atoms with Gasteiger partial charge in [-0.3, -0.25) is 19.7 Å². The molecule has 188 valence electrons. The van der Waals surface area contributed by atoms with Gasteiger partial charge in [0.2, 0.25) is 0 Å². The van der Waals surface area contributed by atoms with Gasteiger partial charge in [0.1, 0.15) is 11.1 Å². The molecule has 0 radical (unpaired) electrons. The Bertz CT molecular complexity index is 1360. The van der Waals surface area contributed by atoms with Crippen LogP contribution in [-0.2, 0) is 11.3 Å². The molecule has 1 aliphatic heterocycles. The number of carbonyl (C=O) groups excluding carboxylic acids is 1. The number of fused-ring (bicyclic) bond motifs is 1. The fourth-order valence-electron chi connectivity index (χ4n) is 4.38. The molecule has 1 aliphatic rings. The third-order valence-electron chi connectivity index (χ3n) is 5.97. The van der Waals surface area contributed by atoms with Crippen LogP contribution in [0.25, 0.3) is 11.0 Å². The van der Waals surface area contributed by atoms with Crippen molar-refractivity contribution >= 4 is 29.3 Å². The van der Waals surface area contributed by atoms with E-state index in [0.29, 0.717) is 22.3 Å². The summed E-state index contributed by atoms with van der Waals surface area (Å²) in [6, 6.07) is 4.16. The summed E-state index contributed by atoms with van der Waals surface area (Å²) >= 11 is 5.36. The summed E-state index contributed by atoms with van der Waals surface area (Å²) in [7, 11) is 0. The van der Waals surface area contributed by atoms with Crippen molar-refractivity contribution in [3.05, 3.63) is 57.0 Å². The molecule has 8 nitrogen and oxygen atoms in total. The van der Waals surface area contributed by atoms with Gasteiger partial charge < -0.3 is 14.3 Å². The average Bonchev–Trinajstić information content (AvgIpc) is 3.25. The second kappa shape index (κ2) is 9.14. The molecular weight excluding hydrogens is 483 g/mol. The van der Waals surface area contributed by atoms with Gasteiger partial charge in [-0.05, 0) is 63.5 Å². The lowest BCUT2D eigenvalue weighted by Crippen LogP contribution is -2.46. The second-order valence-electron chi connectivity index (χ2n) is 9.58. The Morgan fingerprint density at radius 1 is 1.29 bits per heavy atom. The maximum atomic E-state index is 13.7. The molecule has 0 saturated carbocycles. The van der Waals surface area contributed by atoms with Gasteiger partial charge in [0.25, 0.3) is 5.56 Å². The monoisotopic (exact) mass is 509 g/mol. The fourth-order valence-corrected chi connectivity index (χ4v) is 4.63. The quantitative estimate of drug-likeness (QED) is 0.480. The predicted molar refractivity (Wildman–Crippen MR) is 126 cm³/mol. The molecule has 0 bridgehead atoms. The van der Waals surface area contributed by atoms with Crippen LogP contribution in [0.4, 0.5) is 18.0 Å². The van der Waals surface area contributed by atoms with Gasteiger partial charge in [-0.25, -0.2) is 4.79 Å². The summed E-state index contributed by atoms with van der Waals surface area (Å²) in [6.07, 6.45) is -2.53. The normalized spacial score (nSPS) is 19.2. The van der Waals surface area contributed by atoms with Crippen molar-refractivity contribution in [3.8, 4) is 0 Å². The topological polar surface area (TPSA) is 96.0 Å². The largest absolute Gasteiger partial charge is 0.444 e. The van der Waals surface area contributed by atoms with Gasteiger partial charge in [0.15, 0.2) is 4.77 Å². The number of nitrogens with one attached hydrogen (secondary N) is 2. The minimum absolute atomic E-state index is 0.111. The summed E-state index contributed by atoms with van der Waals surface area (Å²) < 4.78 is 48.4. The molecule has 0 aromatic carbocycles. The lowest BCUT2D eigenvalue weighted by Gasteiger charge is -2.40. The first kappa shape index (κ1) is 25.0. The van der Waals surface area contributed by atoms with E-state index in [-0.39, 0.29) is 36.3 Å². The number of ether oxygens (including phenoxy) is 1. The number of hydrogen-bond acceptors (Lipinski definition) is 5. The smallest absolute Gasteiger partial charge is 0.410 e. The number of piperidine rings is 1. The van der Waals surface area contributed by atoms with E-state index in [9.17, 15) is 22.8 Å². The van der Waals surface area contributed by atoms with Crippen molar-refractivity contribution < 1.29 is 22.7 Å². The molecule has 0 aliphatic carbocycles. The number of hydrogen-bond donors (Lipinski definition) is 2. The van der Waals surface area contributed by atoms with E-state index in [0.717, 1.165) is 0 Å². The molecule has 12 heteroatoms. The van der Waals surface area contributed by atoms with E-state index in [1.54, 1.807) is 49.7 Å². The Hall–Kier alpha value is -3.15. The number of pyridine rings is 1. The molecule has 2 atom stereocenters. The number of H-pyrrole nitrogens is 2. The van der Waals surface area contributed by atoms with Crippen molar-refractivity contribution in [2.75, 3.05) is 6.54 Å². The highest BCUT2D eigenvalue weighted by molar-refractivity contribution is 7.71. The molecule has 1 fully saturated rings. The maximum Gasteiger partial charge on any atom is 0.410 e. The second-order valence-corrected chi connectivity index (χ2v) is 9.97. The molecular formula is C23H26F3N5O3S. The lowest BCUT2D eigenvalue weighted by molar-refractivity contribution is -0.189.